The maximum Gasteiger partial charge on any atom is 0.250 e. The van der Waals surface area contributed by atoms with Crippen LogP contribution >= 0.6 is 11.6 Å². The Kier molecular flexibility index (Phi) is 5.14. The molecule has 0 bridgehead atoms. The molecule has 9 nitrogen and oxygen atoms in total. The van der Waals surface area contributed by atoms with Gasteiger partial charge in [-0.25, -0.2) is 0 Å². The summed E-state index contributed by atoms with van der Waals surface area (Å²) in [6, 6.07) is 9.58. The van der Waals surface area contributed by atoms with Crippen molar-refractivity contribution < 1.29 is 23.9 Å². The van der Waals surface area contributed by atoms with Crippen LogP contribution < -0.4 is 21.1 Å². The van der Waals surface area contributed by atoms with Gasteiger partial charge in [-0.15, -0.1) is 0 Å². The molecule has 4 N–H and O–H groups in total. The molecular formula is C24H23ClN4O5. The van der Waals surface area contributed by atoms with Crippen LogP contribution in [0.2, 0.25) is 5.02 Å². The van der Waals surface area contributed by atoms with Crippen LogP contribution in [0.3, 0.4) is 0 Å². The Bertz CT molecular complexity index is 1250. The maximum absolute atomic E-state index is 13.8. The summed E-state index contributed by atoms with van der Waals surface area (Å²) in [6.45, 7) is 1.84. The Morgan fingerprint density at radius 3 is 2.53 bits per heavy atom. The number of fused-ring (bicyclic) bond motifs is 4. The third kappa shape index (κ3) is 3.11. The fourth-order valence-corrected chi connectivity index (χ4v) is 5.83. The number of amides is 4. The average Bonchev–Trinajstić information content (AvgIpc) is 3.35. The van der Waals surface area contributed by atoms with Crippen LogP contribution in [0, 0.1) is 18.8 Å². The second-order valence-corrected chi connectivity index (χ2v) is 9.38. The molecule has 34 heavy (non-hydrogen) atoms. The summed E-state index contributed by atoms with van der Waals surface area (Å²) < 4.78 is 5.17. The number of nitrogens with one attached hydrogen (secondary N) is 2. The van der Waals surface area contributed by atoms with Gasteiger partial charge in [0.1, 0.15) is 11.3 Å². The van der Waals surface area contributed by atoms with Crippen LogP contribution in [-0.4, -0.2) is 41.7 Å². The number of benzene rings is 2. The zero-order valence-corrected chi connectivity index (χ0v) is 19.3. The van der Waals surface area contributed by atoms with Gasteiger partial charge in [-0.05, 0) is 42.3 Å². The number of ether oxygens (including phenoxy) is 1. The van der Waals surface area contributed by atoms with Crippen molar-refractivity contribution in [1.82, 2.24) is 10.2 Å². The molecule has 3 aliphatic rings. The standard InChI is InChI=1S/C24H23ClN4O5/c1-11-7-13(25)8-15-20(11)27-23(33)24(15)19-18(16(28-24)9-17(26)30)21(31)29(22(19)32)10-12-3-5-14(34-2)6-4-12/h3-8,16,18-19,28H,9-10H2,1-2H3,(H2,26,30)(H,27,33)/t16-,18-,19+,24+/m1/s1. The van der Waals surface area contributed by atoms with Gasteiger partial charge in [0.05, 0.1) is 25.5 Å². The number of rotatable bonds is 5. The summed E-state index contributed by atoms with van der Waals surface area (Å²) in [6.07, 6.45) is -0.194. The quantitative estimate of drug-likeness (QED) is 0.553. The Morgan fingerprint density at radius 2 is 1.88 bits per heavy atom. The zero-order chi connectivity index (χ0) is 24.4. The first-order valence-corrected chi connectivity index (χ1v) is 11.2. The van der Waals surface area contributed by atoms with E-state index in [1.54, 1.807) is 50.4 Å². The summed E-state index contributed by atoms with van der Waals surface area (Å²) in [7, 11) is 1.55. The Labute approximate surface area is 200 Å². The van der Waals surface area contributed by atoms with Crippen molar-refractivity contribution in [2.75, 3.05) is 12.4 Å². The molecule has 2 aromatic rings. The van der Waals surface area contributed by atoms with Gasteiger partial charge in [0.15, 0.2) is 0 Å². The van der Waals surface area contributed by atoms with Crippen molar-refractivity contribution in [1.29, 1.82) is 0 Å². The third-order valence-corrected chi connectivity index (χ3v) is 7.22. The fraction of sp³-hybridized carbons (Fsp3) is 0.333. The van der Waals surface area contributed by atoms with E-state index in [1.807, 2.05) is 0 Å². The minimum Gasteiger partial charge on any atom is -0.497 e. The molecule has 4 atom stereocenters. The number of carbonyl (C=O) groups excluding carboxylic acids is 4. The molecule has 4 amide bonds. The molecule has 2 aromatic carbocycles. The van der Waals surface area contributed by atoms with E-state index in [2.05, 4.69) is 10.6 Å². The lowest BCUT2D eigenvalue weighted by atomic mass is 9.76. The van der Waals surface area contributed by atoms with E-state index < -0.39 is 47.0 Å². The van der Waals surface area contributed by atoms with E-state index in [-0.39, 0.29) is 13.0 Å². The molecule has 2 saturated heterocycles. The van der Waals surface area contributed by atoms with Gasteiger partial charge in [-0.3, -0.25) is 29.4 Å². The highest BCUT2D eigenvalue weighted by atomic mass is 35.5. The lowest BCUT2D eigenvalue weighted by Crippen LogP contribution is -2.53. The first-order chi connectivity index (χ1) is 16.2. The highest BCUT2D eigenvalue weighted by Crippen LogP contribution is 2.54. The minimum absolute atomic E-state index is 0.0388. The van der Waals surface area contributed by atoms with Gasteiger partial charge < -0.3 is 15.8 Å². The number of aryl methyl sites for hydroxylation is 1. The molecule has 0 aromatic heterocycles. The number of nitrogens with two attached hydrogens (primary N) is 1. The Hall–Kier alpha value is -3.43. The smallest absolute Gasteiger partial charge is 0.250 e. The topological polar surface area (TPSA) is 131 Å². The normalized spacial score (nSPS) is 27.2. The number of hydrogen-bond acceptors (Lipinski definition) is 6. The maximum atomic E-state index is 13.8. The van der Waals surface area contributed by atoms with Crippen LogP contribution in [0.25, 0.3) is 0 Å². The molecule has 0 unspecified atom stereocenters. The van der Waals surface area contributed by atoms with Gasteiger partial charge >= 0.3 is 0 Å². The van der Waals surface area contributed by atoms with Crippen molar-refractivity contribution in [3.8, 4) is 5.75 Å². The molecule has 0 aliphatic carbocycles. The van der Waals surface area contributed by atoms with Crippen molar-refractivity contribution >= 4 is 40.9 Å². The molecule has 176 valence electrons. The number of imide groups is 1. The molecule has 3 aliphatic heterocycles. The summed E-state index contributed by atoms with van der Waals surface area (Å²) in [4.78, 5) is 53.8. The molecule has 1 spiro atoms. The monoisotopic (exact) mass is 482 g/mol. The van der Waals surface area contributed by atoms with E-state index >= 15 is 0 Å². The molecule has 0 radical (unpaired) electrons. The summed E-state index contributed by atoms with van der Waals surface area (Å²) in [5.41, 5.74) is 6.44. The molecule has 2 fully saturated rings. The van der Waals surface area contributed by atoms with Crippen LogP contribution in [0.15, 0.2) is 36.4 Å². The number of primary amides is 1. The van der Waals surface area contributed by atoms with E-state index in [4.69, 9.17) is 22.1 Å². The van der Waals surface area contributed by atoms with Gasteiger partial charge in [0.2, 0.25) is 23.6 Å². The van der Waals surface area contributed by atoms with Gasteiger partial charge in [-0.2, -0.15) is 0 Å². The minimum atomic E-state index is -1.53. The van der Waals surface area contributed by atoms with Crippen LogP contribution in [0.1, 0.15) is 23.1 Å². The third-order valence-electron chi connectivity index (χ3n) is 7.00. The SMILES string of the molecule is COc1ccc(CN2C(=O)[C@H]3[C@@H](C2=O)[C@]2(N[C@@H]3CC(N)=O)C(=O)Nc3c(C)cc(Cl)cc32)cc1. The van der Waals surface area contributed by atoms with Crippen LogP contribution in [0.5, 0.6) is 5.75 Å². The number of likely N-dealkylation sites (tertiary alicyclic amines) is 1. The number of methoxy groups -OCH3 is 1. The lowest BCUT2D eigenvalue weighted by Gasteiger charge is -2.29. The second-order valence-electron chi connectivity index (χ2n) is 8.94. The first kappa shape index (κ1) is 22.4. The van der Waals surface area contributed by atoms with Crippen molar-refractivity contribution in [2.24, 2.45) is 17.6 Å². The summed E-state index contributed by atoms with van der Waals surface area (Å²) in [5, 5.41) is 6.42. The number of nitrogens with zero attached hydrogens (tertiary/aromatic N) is 1. The van der Waals surface area contributed by atoms with Crippen molar-refractivity contribution in [2.45, 2.75) is 31.5 Å². The molecule has 5 rings (SSSR count). The largest absolute Gasteiger partial charge is 0.497 e. The highest BCUT2D eigenvalue weighted by Gasteiger charge is 2.70. The number of anilines is 1. The first-order valence-electron chi connectivity index (χ1n) is 10.8. The predicted octanol–water partition coefficient (Wildman–Crippen LogP) is 1.45. The van der Waals surface area contributed by atoms with Crippen molar-refractivity contribution in [3.05, 3.63) is 58.1 Å². The summed E-state index contributed by atoms with van der Waals surface area (Å²) >= 11 is 6.31. The average molecular weight is 483 g/mol. The van der Waals surface area contributed by atoms with Crippen LogP contribution in [-0.2, 0) is 31.3 Å². The van der Waals surface area contributed by atoms with Gasteiger partial charge in [0.25, 0.3) is 0 Å². The molecular weight excluding hydrogens is 460 g/mol. The number of carbonyl (C=O) groups is 4. The fourth-order valence-electron chi connectivity index (χ4n) is 5.55. The number of hydrogen-bond donors (Lipinski definition) is 3. The number of halogens is 1. The van der Waals surface area contributed by atoms with Crippen molar-refractivity contribution in [3.63, 3.8) is 0 Å². The zero-order valence-electron chi connectivity index (χ0n) is 18.6. The summed E-state index contributed by atoms with van der Waals surface area (Å²) in [5.74, 6) is -3.33. The van der Waals surface area contributed by atoms with Crippen LogP contribution in [0.4, 0.5) is 5.69 Å². The molecule has 3 heterocycles. The van der Waals surface area contributed by atoms with E-state index in [9.17, 15) is 19.2 Å². The Morgan fingerprint density at radius 1 is 1.18 bits per heavy atom. The predicted molar refractivity (Wildman–Crippen MR) is 123 cm³/mol. The molecule has 10 heteroatoms. The second kappa shape index (κ2) is 7.82. The lowest BCUT2D eigenvalue weighted by molar-refractivity contribution is -0.143. The Balaban J connectivity index is 1.59. The van der Waals surface area contributed by atoms with Gasteiger partial charge in [0, 0.05) is 28.7 Å². The van der Waals surface area contributed by atoms with E-state index in [0.29, 0.717) is 22.0 Å². The van der Waals surface area contributed by atoms with Gasteiger partial charge in [-0.1, -0.05) is 23.7 Å². The van der Waals surface area contributed by atoms with E-state index in [1.165, 1.54) is 0 Å². The molecule has 0 saturated carbocycles. The highest BCUT2D eigenvalue weighted by molar-refractivity contribution is 6.31. The van der Waals surface area contributed by atoms with E-state index in [0.717, 1.165) is 16.0 Å².